The van der Waals surface area contributed by atoms with E-state index in [1.54, 1.807) is 49.4 Å². The van der Waals surface area contributed by atoms with Crippen LogP contribution in [-0.4, -0.2) is 37.1 Å². The number of rotatable bonds is 7. The number of nitrogens with one attached hydrogen (secondary N) is 3. The molecule has 0 radical (unpaired) electrons. The molecule has 0 fully saturated rings. The van der Waals surface area contributed by atoms with Crippen LogP contribution in [0.2, 0.25) is 10.0 Å². The molecule has 2 aromatic rings. The molecule has 0 bridgehead atoms. The lowest BCUT2D eigenvalue weighted by atomic mass is 10.2. The van der Waals surface area contributed by atoms with Gasteiger partial charge in [-0.25, -0.2) is 5.43 Å². The molecular weight excluding hydrogens is 419 g/mol. The van der Waals surface area contributed by atoms with Crippen molar-refractivity contribution in [1.82, 2.24) is 10.7 Å². The highest BCUT2D eigenvalue weighted by molar-refractivity contribution is 6.44. The first-order valence-corrected chi connectivity index (χ1v) is 9.24. The van der Waals surface area contributed by atoms with Crippen molar-refractivity contribution in [2.45, 2.75) is 6.92 Å². The number of anilines is 1. The van der Waals surface area contributed by atoms with Gasteiger partial charge in [-0.3, -0.25) is 14.4 Å². The molecule has 2 rings (SSSR count). The monoisotopic (exact) mass is 436 g/mol. The summed E-state index contributed by atoms with van der Waals surface area (Å²) in [4.78, 5) is 34.8. The number of hydrazone groups is 1. The molecule has 3 amide bonds. The Hall–Kier alpha value is -3.10. The fourth-order valence-electron chi connectivity index (χ4n) is 2.08. The van der Waals surface area contributed by atoms with Crippen molar-refractivity contribution in [3.63, 3.8) is 0 Å². The maximum Gasteiger partial charge on any atom is 0.329 e. The number of carbonyl (C=O) groups excluding carboxylic acids is 3. The van der Waals surface area contributed by atoms with Crippen molar-refractivity contribution in [2.75, 3.05) is 18.5 Å². The summed E-state index contributed by atoms with van der Waals surface area (Å²) in [5.41, 5.74) is 3.09. The number of hydrogen-bond donors (Lipinski definition) is 3. The second-order valence-corrected chi connectivity index (χ2v) is 6.35. The van der Waals surface area contributed by atoms with E-state index in [1.165, 1.54) is 6.21 Å². The summed E-state index contributed by atoms with van der Waals surface area (Å²) in [5.74, 6) is -1.64. The Bertz CT molecular complexity index is 934. The van der Waals surface area contributed by atoms with Gasteiger partial charge in [0.1, 0.15) is 5.75 Å². The summed E-state index contributed by atoms with van der Waals surface area (Å²) >= 11 is 11.9. The van der Waals surface area contributed by atoms with E-state index in [0.717, 1.165) is 0 Å². The van der Waals surface area contributed by atoms with Crippen LogP contribution in [0.25, 0.3) is 0 Å². The summed E-state index contributed by atoms with van der Waals surface area (Å²) in [5, 5.41) is 9.25. The summed E-state index contributed by atoms with van der Waals surface area (Å²) in [6, 6.07) is 11.6. The van der Waals surface area contributed by atoms with Crippen molar-refractivity contribution in [2.24, 2.45) is 5.10 Å². The number of hydrogen-bond acceptors (Lipinski definition) is 5. The minimum absolute atomic E-state index is 0.246. The van der Waals surface area contributed by atoms with Crippen LogP contribution in [0, 0.1) is 0 Å². The fraction of sp³-hybridized carbons (Fsp3) is 0.158. The average Bonchev–Trinajstić information content (AvgIpc) is 2.70. The zero-order valence-electron chi connectivity index (χ0n) is 15.4. The topological polar surface area (TPSA) is 109 Å². The van der Waals surface area contributed by atoms with Crippen LogP contribution in [0.4, 0.5) is 5.69 Å². The van der Waals surface area contributed by atoms with E-state index < -0.39 is 17.7 Å². The molecule has 29 heavy (non-hydrogen) atoms. The maximum absolute atomic E-state index is 12.0. The van der Waals surface area contributed by atoms with Crippen LogP contribution in [0.5, 0.6) is 5.75 Å². The molecule has 0 heterocycles. The first-order valence-electron chi connectivity index (χ1n) is 8.48. The first-order chi connectivity index (χ1) is 13.9. The van der Waals surface area contributed by atoms with Crippen molar-refractivity contribution >= 4 is 52.8 Å². The number of likely N-dealkylation sites (N-methyl/N-ethyl adjacent to an activating group) is 1. The van der Waals surface area contributed by atoms with Gasteiger partial charge in [-0.1, -0.05) is 41.4 Å². The third kappa shape index (κ3) is 7.10. The first kappa shape index (κ1) is 22.2. The van der Waals surface area contributed by atoms with Crippen molar-refractivity contribution in [3.8, 4) is 5.75 Å². The molecule has 152 valence electrons. The molecule has 3 N–H and O–H groups in total. The molecule has 0 spiro atoms. The molecule has 10 heteroatoms. The van der Waals surface area contributed by atoms with Crippen LogP contribution in [0.1, 0.15) is 12.5 Å². The van der Waals surface area contributed by atoms with Crippen LogP contribution in [0.3, 0.4) is 0 Å². The van der Waals surface area contributed by atoms with Gasteiger partial charge < -0.3 is 15.4 Å². The lowest BCUT2D eigenvalue weighted by Gasteiger charge is -2.09. The number of benzene rings is 2. The highest BCUT2D eigenvalue weighted by Crippen LogP contribution is 2.29. The minimum Gasteiger partial charge on any atom is -0.484 e. The molecule has 2 aromatic carbocycles. The average molecular weight is 437 g/mol. The molecule has 0 aromatic heterocycles. The molecule has 0 aliphatic heterocycles. The van der Waals surface area contributed by atoms with Crippen LogP contribution >= 0.6 is 23.2 Å². The van der Waals surface area contributed by atoms with Gasteiger partial charge in [0.25, 0.3) is 5.91 Å². The quantitative estimate of drug-likeness (QED) is 0.352. The van der Waals surface area contributed by atoms with Crippen LogP contribution in [0.15, 0.2) is 47.6 Å². The zero-order valence-corrected chi connectivity index (χ0v) is 16.9. The van der Waals surface area contributed by atoms with Crippen molar-refractivity contribution in [3.05, 3.63) is 58.1 Å². The second-order valence-electron chi connectivity index (χ2n) is 5.57. The van der Waals surface area contributed by atoms with Gasteiger partial charge in [0.15, 0.2) is 6.61 Å². The Morgan fingerprint density at radius 2 is 1.86 bits per heavy atom. The van der Waals surface area contributed by atoms with E-state index in [2.05, 4.69) is 21.2 Å². The summed E-state index contributed by atoms with van der Waals surface area (Å²) < 4.78 is 5.45. The standard InChI is InChI=1S/C19H18Cl2N4O4/c1-2-22-18(27)19(28)25-23-10-12-5-3-6-13(9-12)29-11-16(26)24-15-8-4-7-14(20)17(15)21/h3-10H,2,11H2,1H3,(H,22,27)(H,24,26)(H,25,28)/b23-10-. The van der Waals surface area contributed by atoms with Gasteiger partial charge in [-0.2, -0.15) is 5.10 Å². The van der Waals surface area contributed by atoms with Crippen molar-refractivity contribution < 1.29 is 19.1 Å². The van der Waals surface area contributed by atoms with Gasteiger partial charge >= 0.3 is 11.8 Å². The fourth-order valence-corrected chi connectivity index (χ4v) is 2.42. The number of amides is 3. The lowest BCUT2D eigenvalue weighted by Crippen LogP contribution is -2.37. The normalized spacial score (nSPS) is 10.4. The number of nitrogens with zero attached hydrogens (tertiary/aromatic N) is 1. The smallest absolute Gasteiger partial charge is 0.329 e. The second kappa shape index (κ2) is 11.0. The molecule has 0 unspecified atom stereocenters. The highest BCUT2D eigenvalue weighted by atomic mass is 35.5. The van der Waals surface area contributed by atoms with E-state index >= 15 is 0 Å². The molecule has 0 aliphatic carbocycles. The maximum atomic E-state index is 12.0. The molecule has 0 saturated heterocycles. The SMILES string of the molecule is CCNC(=O)C(=O)N/N=C\c1cccc(OCC(=O)Nc2cccc(Cl)c2Cl)c1. The third-order valence-corrected chi connectivity index (χ3v) is 4.20. The van der Waals surface area contributed by atoms with E-state index in [-0.39, 0.29) is 11.6 Å². The van der Waals surface area contributed by atoms with E-state index in [1.807, 2.05) is 0 Å². The van der Waals surface area contributed by atoms with Crippen LogP contribution in [-0.2, 0) is 14.4 Å². The predicted octanol–water partition coefficient (Wildman–Crippen LogP) is 2.60. The van der Waals surface area contributed by atoms with Gasteiger partial charge in [0.05, 0.1) is 21.9 Å². The Labute approximate surface area is 177 Å². The minimum atomic E-state index is -0.869. The Balaban J connectivity index is 1.88. The number of halogens is 2. The van der Waals surface area contributed by atoms with Gasteiger partial charge in [-0.15, -0.1) is 0 Å². The van der Waals surface area contributed by atoms with Gasteiger partial charge in [0, 0.05) is 6.54 Å². The van der Waals surface area contributed by atoms with E-state index in [4.69, 9.17) is 27.9 Å². The largest absolute Gasteiger partial charge is 0.484 e. The van der Waals surface area contributed by atoms with Crippen molar-refractivity contribution in [1.29, 1.82) is 0 Å². The molecule has 0 atom stereocenters. The van der Waals surface area contributed by atoms with Crippen LogP contribution < -0.4 is 20.8 Å². The molecular formula is C19H18Cl2N4O4. The zero-order chi connectivity index (χ0) is 21.2. The van der Waals surface area contributed by atoms with Gasteiger partial charge in [-0.05, 0) is 36.8 Å². The molecule has 0 aliphatic rings. The molecule has 0 saturated carbocycles. The van der Waals surface area contributed by atoms with Gasteiger partial charge in [0.2, 0.25) is 0 Å². The number of ether oxygens (including phenoxy) is 1. The predicted molar refractivity (Wildman–Crippen MR) is 111 cm³/mol. The summed E-state index contributed by atoms with van der Waals surface area (Å²) in [6.07, 6.45) is 1.34. The van der Waals surface area contributed by atoms with E-state index in [9.17, 15) is 14.4 Å². The third-order valence-electron chi connectivity index (χ3n) is 3.38. The Morgan fingerprint density at radius 1 is 1.10 bits per heavy atom. The lowest BCUT2D eigenvalue weighted by molar-refractivity contribution is -0.139. The van der Waals surface area contributed by atoms with E-state index in [0.29, 0.717) is 28.6 Å². The molecule has 8 nitrogen and oxygen atoms in total. The Morgan fingerprint density at radius 3 is 2.62 bits per heavy atom. The Kier molecular flexibility index (Phi) is 8.45. The highest BCUT2D eigenvalue weighted by Gasteiger charge is 2.11. The summed E-state index contributed by atoms with van der Waals surface area (Å²) in [6.45, 7) is 1.79. The number of carbonyl (C=O) groups is 3. The summed E-state index contributed by atoms with van der Waals surface area (Å²) in [7, 11) is 0.